The van der Waals surface area contributed by atoms with Gasteiger partial charge in [-0.2, -0.15) is 5.26 Å². The van der Waals surface area contributed by atoms with Crippen LogP contribution in [0.4, 0.5) is 0 Å². The number of carbonyl (C=O) groups is 1. The number of amides is 1. The third-order valence-electron chi connectivity index (χ3n) is 4.71. The van der Waals surface area contributed by atoms with E-state index in [-0.39, 0.29) is 17.0 Å². The Balaban J connectivity index is 2.68. The lowest BCUT2D eigenvalue weighted by atomic mass is 10.1. The van der Waals surface area contributed by atoms with Crippen LogP contribution in [0.3, 0.4) is 0 Å². The van der Waals surface area contributed by atoms with Crippen LogP contribution in [0.1, 0.15) is 20.3 Å². The lowest BCUT2D eigenvalue weighted by Crippen LogP contribution is -2.52. The predicted octanol–water partition coefficient (Wildman–Crippen LogP) is 4.30. The van der Waals surface area contributed by atoms with Gasteiger partial charge in [-0.1, -0.05) is 0 Å². The van der Waals surface area contributed by atoms with Gasteiger partial charge < -0.3 is 23.2 Å². The second kappa shape index (κ2) is 10.5. The van der Waals surface area contributed by atoms with E-state index >= 15 is 0 Å². The van der Waals surface area contributed by atoms with E-state index in [0.717, 1.165) is 12.5 Å². The molecule has 0 bridgehead atoms. The maximum atomic E-state index is 12.4. The van der Waals surface area contributed by atoms with E-state index in [9.17, 15) is 10.1 Å². The van der Waals surface area contributed by atoms with E-state index in [1.807, 2.05) is 18.0 Å². The van der Waals surface area contributed by atoms with Crippen LogP contribution >= 0.6 is 0 Å². The van der Waals surface area contributed by atoms with Crippen molar-refractivity contribution in [3.63, 3.8) is 0 Å². The molecule has 0 aliphatic carbocycles. The van der Waals surface area contributed by atoms with Crippen LogP contribution in [-0.4, -0.2) is 61.7 Å². The highest BCUT2D eigenvalue weighted by Gasteiger charge is 2.39. The largest absolute Gasteiger partial charge is 0.477 e. The van der Waals surface area contributed by atoms with Gasteiger partial charge in [0, 0.05) is 13.6 Å². The Labute approximate surface area is 191 Å². The van der Waals surface area contributed by atoms with Gasteiger partial charge in [-0.25, -0.2) is 0 Å². The standard InChI is InChI=1S/C21H41N3O4Si3/c1-21(2)17-26-19(24(21)3)13-12-18(16-22)20(25)23-14-11-15-31(10,27-29(4,5)6)28-30(7,8)9/h12-13H,11,14-15,17H2,1-10H3,(H,23,25)/b18-12+,19-13-. The molecular formula is C21H41N3O4Si3. The number of rotatable bonds is 10. The molecule has 7 nitrogen and oxygen atoms in total. The molecule has 1 saturated heterocycles. The lowest BCUT2D eigenvalue weighted by Gasteiger charge is -2.38. The molecule has 1 aliphatic rings. The van der Waals surface area contributed by atoms with Crippen LogP contribution in [0.15, 0.2) is 23.6 Å². The highest BCUT2D eigenvalue weighted by Crippen LogP contribution is 2.27. The maximum absolute atomic E-state index is 12.4. The van der Waals surface area contributed by atoms with Crippen molar-refractivity contribution in [3.8, 4) is 6.07 Å². The summed E-state index contributed by atoms with van der Waals surface area (Å²) in [5.41, 5.74) is -0.0488. The quantitative estimate of drug-likeness (QED) is 0.216. The minimum absolute atomic E-state index is 0.0610. The van der Waals surface area contributed by atoms with Crippen LogP contribution in [-0.2, 0) is 17.8 Å². The van der Waals surface area contributed by atoms with Crippen molar-refractivity contribution >= 4 is 31.1 Å². The molecule has 0 aromatic rings. The van der Waals surface area contributed by atoms with E-state index in [0.29, 0.717) is 19.0 Å². The molecule has 1 aliphatic heterocycles. The third kappa shape index (κ3) is 9.74. The molecule has 0 radical (unpaired) electrons. The van der Waals surface area contributed by atoms with Crippen LogP contribution in [0.25, 0.3) is 0 Å². The van der Waals surface area contributed by atoms with E-state index in [4.69, 9.17) is 13.0 Å². The Morgan fingerprint density at radius 3 is 2.16 bits per heavy atom. The average molecular weight is 484 g/mol. The van der Waals surface area contributed by atoms with Crippen molar-refractivity contribution < 1.29 is 17.8 Å². The van der Waals surface area contributed by atoms with Crippen molar-refractivity contribution in [2.75, 3.05) is 20.2 Å². The van der Waals surface area contributed by atoms with E-state index in [1.54, 1.807) is 6.08 Å². The second-order valence-corrected chi connectivity index (χ2v) is 23.6. The number of hydrogen-bond acceptors (Lipinski definition) is 6. The predicted molar refractivity (Wildman–Crippen MR) is 132 cm³/mol. The Hall–Kier alpha value is -1.39. The fourth-order valence-electron chi connectivity index (χ4n) is 3.35. The number of likely N-dealkylation sites (N-methyl/N-ethyl adjacent to an activating group) is 1. The minimum Gasteiger partial charge on any atom is -0.477 e. The lowest BCUT2D eigenvalue weighted by molar-refractivity contribution is -0.117. The molecule has 1 heterocycles. The van der Waals surface area contributed by atoms with Gasteiger partial charge in [0.25, 0.3) is 5.91 Å². The zero-order valence-electron chi connectivity index (χ0n) is 21.0. The first-order valence-electron chi connectivity index (χ1n) is 10.9. The van der Waals surface area contributed by atoms with Crippen LogP contribution < -0.4 is 5.32 Å². The monoisotopic (exact) mass is 483 g/mol. The minimum atomic E-state index is -2.32. The average Bonchev–Trinajstić information content (AvgIpc) is 2.82. The van der Waals surface area contributed by atoms with Gasteiger partial charge in [0.05, 0.1) is 5.54 Å². The van der Waals surface area contributed by atoms with Gasteiger partial charge in [-0.3, -0.25) is 4.79 Å². The molecular weight excluding hydrogens is 443 g/mol. The molecule has 1 rings (SSSR count). The number of ether oxygens (including phenoxy) is 1. The number of allylic oxidation sites excluding steroid dienone is 2. The normalized spacial score (nSPS) is 18.7. The first-order chi connectivity index (χ1) is 14.0. The number of nitrogens with zero attached hydrogens (tertiary/aromatic N) is 2. The molecule has 0 atom stereocenters. The fourth-order valence-corrected chi connectivity index (χ4v) is 15.9. The molecule has 1 N–H and O–H groups in total. The molecule has 0 aromatic heterocycles. The maximum Gasteiger partial charge on any atom is 0.314 e. The number of carbonyl (C=O) groups excluding carboxylic acids is 1. The van der Waals surface area contributed by atoms with Crippen molar-refractivity contribution in [1.82, 2.24) is 10.2 Å². The summed E-state index contributed by atoms with van der Waals surface area (Å²) in [6, 6.07) is 2.79. The van der Waals surface area contributed by atoms with E-state index in [2.05, 4.69) is 65.0 Å². The Bertz CT molecular complexity index is 730. The molecule has 10 heteroatoms. The van der Waals surface area contributed by atoms with Gasteiger partial charge in [0.2, 0.25) is 0 Å². The first kappa shape index (κ1) is 27.6. The van der Waals surface area contributed by atoms with Gasteiger partial charge in [0.15, 0.2) is 22.5 Å². The zero-order valence-corrected chi connectivity index (χ0v) is 24.0. The number of nitrogens with one attached hydrogen (secondary N) is 1. The first-order valence-corrected chi connectivity index (χ1v) is 20.2. The van der Waals surface area contributed by atoms with E-state index < -0.39 is 25.2 Å². The summed E-state index contributed by atoms with van der Waals surface area (Å²) in [7, 11) is -3.87. The van der Waals surface area contributed by atoms with Crippen LogP contribution in [0.2, 0.25) is 51.9 Å². The van der Waals surface area contributed by atoms with Gasteiger partial charge in [-0.15, -0.1) is 0 Å². The fraction of sp³-hybridized carbons (Fsp3) is 0.714. The van der Waals surface area contributed by atoms with Crippen LogP contribution in [0.5, 0.6) is 0 Å². The number of hydrogen-bond donors (Lipinski definition) is 1. The summed E-state index contributed by atoms with van der Waals surface area (Å²) in [5, 5.41) is 12.2. The van der Waals surface area contributed by atoms with Gasteiger partial charge >= 0.3 is 8.56 Å². The molecule has 0 spiro atoms. The van der Waals surface area contributed by atoms with E-state index in [1.165, 1.54) is 6.08 Å². The zero-order chi connectivity index (χ0) is 24.1. The Morgan fingerprint density at radius 1 is 1.19 bits per heavy atom. The Morgan fingerprint density at radius 2 is 1.74 bits per heavy atom. The van der Waals surface area contributed by atoms with Crippen molar-refractivity contribution in [2.24, 2.45) is 0 Å². The summed E-state index contributed by atoms with van der Waals surface area (Å²) < 4.78 is 18.6. The highest BCUT2D eigenvalue weighted by molar-refractivity contribution is 6.87. The van der Waals surface area contributed by atoms with Crippen LogP contribution in [0, 0.1) is 11.3 Å². The summed E-state index contributed by atoms with van der Waals surface area (Å²) in [4.78, 5) is 14.4. The molecule has 0 saturated carbocycles. The topological polar surface area (TPSA) is 83.8 Å². The molecule has 0 aromatic carbocycles. The second-order valence-electron chi connectivity index (χ2n) is 10.8. The van der Waals surface area contributed by atoms with Crippen molar-refractivity contribution in [3.05, 3.63) is 23.6 Å². The summed E-state index contributed by atoms with van der Waals surface area (Å²) in [5.74, 6) is 0.277. The SMILES string of the molecule is CN1/C(=C/C=C(\C#N)C(=O)NCCC[Si](C)(O[Si](C)(C)C)O[Si](C)(C)C)OCC1(C)C. The number of nitriles is 1. The Kier molecular flexibility index (Phi) is 9.35. The third-order valence-corrected chi connectivity index (χ3v) is 14.3. The summed E-state index contributed by atoms with van der Waals surface area (Å²) in [6.07, 6.45) is 3.95. The smallest absolute Gasteiger partial charge is 0.314 e. The summed E-state index contributed by atoms with van der Waals surface area (Å²) >= 11 is 0. The molecule has 1 fully saturated rings. The molecule has 0 unspecified atom stereocenters. The summed E-state index contributed by atoms with van der Waals surface area (Å²) in [6.45, 7) is 20.4. The van der Waals surface area contributed by atoms with Gasteiger partial charge in [0.1, 0.15) is 18.2 Å². The molecule has 1 amide bonds. The highest BCUT2D eigenvalue weighted by atomic mass is 28.5. The van der Waals surface area contributed by atoms with Crippen molar-refractivity contribution in [1.29, 1.82) is 5.26 Å². The van der Waals surface area contributed by atoms with Crippen molar-refractivity contribution in [2.45, 2.75) is 77.7 Å². The molecule has 31 heavy (non-hydrogen) atoms. The molecule has 176 valence electrons. The van der Waals surface area contributed by atoms with Gasteiger partial charge in [-0.05, 0) is 84.3 Å².